The van der Waals surface area contributed by atoms with E-state index in [1.807, 2.05) is 38.0 Å². The van der Waals surface area contributed by atoms with Gasteiger partial charge >= 0.3 is 0 Å². The van der Waals surface area contributed by atoms with Crippen LogP contribution in [0.5, 0.6) is 0 Å². The van der Waals surface area contributed by atoms with Gasteiger partial charge in [-0.2, -0.15) is 0 Å². The Morgan fingerprint density at radius 1 is 0.933 bits per heavy atom. The molecule has 0 aliphatic rings. The van der Waals surface area contributed by atoms with Crippen molar-refractivity contribution in [1.29, 1.82) is 0 Å². The fraction of sp³-hybridized carbons (Fsp3) is 1.00. The van der Waals surface area contributed by atoms with Crippen LogP contribution in [0.4, 0.5) is 0 Å². The zero-order valence-electron chi connectivity index (χ0n) is 10.5. The lowest BCUT2D eigenvalue weighted by Crippen LogP contribution is -2.36. The number of likely N-dealkylation sites (N-methyl/N-ethyl adjacent to an activating group) is 2. The maximum atomic E-state index is 9.66. The molecular weight excluding hydrogens is 196 g/mol. The summed E-state index contributed by atoms with van der Waals surface area (Å²) >= 11 is 0. The Morgan fingerprint density at radius 2 is 1.27 bits per heavy atom. The van der Waals surface area contributed by atoms with Gasteiger partial charge in [-0.1, -0.05) is 0 Å². The first-order valence-electron chi connectivity index (χ1n) is 5.13. The molecule has 0 atom stereocenters. The van der Waals surface area contributed by atoms with Crippen LogP contribution in [0.2, 0.25) is 0 Å². The molecule has 0 heterocycles. The summed E-state index contributed by atoms with van der Waals surface area (Å²) in [5.74, 6) is -1.48. The van der Waals surface area contributed by atoms with Crippen molar-refractivity contribution in [3.05, 3.63) is 0 Å². The molecule has 0 aromatic rings. The summed E-state index contributed by atoms with van der Waals surface area (Å²) in [5, 5.41) is 9.66. The molecule has 0 fully saturated rings. The summed E-state index contributed by atoms with van der Waals surface area (Å²) in [6.45, 7) is 3.92. The molecule has 0 bridgehead atoms. The average Bonchev–Trinajstić information content (AvgIpc) is 2.01. The van der Waals surface area contributed by atoms with Crippen LogP contribution < -0.4 is 0 Å². The van der Waals surface area contributed by atoms with Gasteiger partial charge in [0.1, 0.15) is 0 Å². The molecule has 0 amide bonds. The van der Waals surface area contributed by atoms with E-state index in [0.29, 0.717) is 13.2 Å². The highest BCUT2D eigenvalue weighted by Crippen LogP contribution is 2.07. The van der Waals surface area contributed by atoms with Crippen molar-refractivity contribution in [3.63, 3.8) is 0 Å². The lowest BCUT2D eigenvalue weighted by Gasteiger charge is -2.25. The van der Waals surface area contributed by atoms with E-state index in [1.165, 1.54) is 6.92 Å². The highest BCUT2D eigenvalue weighted by Gasteiger charge is 2.21. The van der Waals surface area contributed by atoms with Crippen LogP contribution in [0.15, 0.2) is 0 Å². The molecular formula is C10H24N2O3. The quantitative estimate of drug-likeness (QED) is 0.574. The molecule has 0 radical (unpaired) electrons. The third-order valence-electron chi connectivity index (χ3n) is 1.82. The van der Waals surface area contributed by atoms with Crippen molar-refractivity contribution in [1.82, 2.24) is 9.80 Å². The Bertz CT molecular complexity index is 145. The number of ether oxygens (including phenoxy) is 2. The summed E-state index contributed by atoms with van der Waals surface area (Å²) in [6.07, 6.45) is 0. The topological polar surface area (TPSA) is 45.2 Å². The normalized spacial score (nSPS) is 12.8. The van der Waals surface area contributed by atoms with Gasteiger partial charge in [-0.25, -0.2) is 0 Å². The molecule has 0 aliphatic heterocycles. The van der Waals surface area contributed by atoms with Crippen LogP contribution in [0.3, 0.4) is 0 Å². The lowest BCUT2D eigenvalue weighted by atomic mass is 10.5. The largest absolute Gasteiger partial charge is 0.344 e. The van der Waals surface area contributed by atoms with E-state index in [-0.39, 0.29) is 0 Å². The number of aliphatic hydroxyl groups is 1. The van der Waals surface area contributed by atoms with Crippen molar-refractivity contribution < 1.29 is 14.6 Å². The molecule has 0 aliphatic carbocycles. The van der Waals surface area contributed by atoms with Gasteiger partial charge in [-0.05, 0) is 28.2 Å². The monoisotopic (exact) mass is 220 g/mol. The summed E-state index contributed by atoms with van der Waals surface area (Å²) in [5.41, 5.74) is 0. The van der Waals surface area contributed by atoms with E-state index in [4.69, 9.17) is 9.47 Å². The lowest BCUT2D eigenvalue weighted by molar-refractivity contribution is -0.349. The summed E-state index contributed by atoms with van der Waals surface area (Å²) in [4.78, 5) is 3.96. The first-order valence-corrected chi connectivity index (χ1v) is 5.13. The molecule has 92 valence electrons. The predicted octanol–water partition coefficient (Wildman–Crippen LogP) is -0.191. The van der Waals surface area contributed by atoms with E-state index < -0.39 is 5.97 Å². The molecule has 0 aromatic heterocycles. The van der Waals surface area contributed by atoms with Gasteiger partial charge in [0, 0.05) is 20.0 Å². The fourth-order valence-electron chi connectivity index (χ4n) is 0.877. The molecule has 0 aromatic carbocycles. The Hall–Kier alpha value is -0.200. The van der Waals surface area contributed by atoms with Crippen molar-refractivity contribution >= 4 is 0 Å². The van der Waals surface area contributed by atoms with Gasteiger partial charge in [0.15, 0.2) is 0 Å². The van der Waals surface area contributed by atoms with Crippen molar-refractivity contribution in [2.75, 3.05) is 54.5 Å². The molecule has 1 N–H and O–H groups in total. The first kappa shape index (κ1) is 14.8. The predicted molar refractivity (Wildman–Crippen MR) is 59.6 cm³/mol. The number of hydrogen-bond acceptors (Lipinski definition) is 5. The van der Waals surface area contributed by atoms with E-state index in [0.717, 1.165) is 13.1 Å². The van der Waals surface area contributed by atoms with Gasteiger partial charge in [0.05, 0.1) is 13.2 Å². The van der Waals surface area contributed by atoms with Crippen LogP contribution in [-0.4, -0.2) is 75.4 Å². The Labute approximate surface area is 92.6 Å². The second-order valence-corrected chi connectivity index (χ2v) is 4.20. The van der Waals surface area contributed by atoms with Crippen molar-refractivity contribution in [2.24, 2.45) is 0 Å². The van der Waals surface area contributed by atoms with E-state index in [2.05, 4.69) is 0 Å². The van der Waals surface area contributed by atoms with E-state index in [1.54, 1.807) is 0 Å². The zero-order chi connectivity index (χ0) is 11.9. The number of hydrogen-bond donors (Lipinski definition) is 1. The second kappa shape index (κ2) is 7.14. The molecule has 15 heavy (non-hydrogen) atoms. The molecule has 0 rings (SSSR count). The Morgan fingerprint density at radius 3 is 1.53 bits per heavy atom. The summed E-state index contributed by atoms with van der Waals surface area (Å²) in [7, 11) is 7.80. The number of nitrogens with zero attached hydrogens (tertiary/aromatic N) is 2. The SMILES string of the molecule is CN(C)CCOC(C)(O)OCCN(C)C. The molecule has 5 nitrogen and oxygen atoms in total. The standard InChI is InChI=1S/C10H24N2O3/c1-10(13,14-8-6-11(2)3)15-9-7-12(4)5/h13H,6-9H2,1-5H3. The first-order chi connectivity index (χ1) is 6.83. The average molecular weight is 220 g/mol. The third kappa shape index (κ3) is 10.1. The molecule has 0 unspecified atom stereocenters. The smallest absolute Gasteiger partial charge is 0.277 e. The van der Waals surface area contributed by atoms with E-state index in [9.17, 15) is 5.11 Å². The zero-order valence-corrected chi connectivity index (χ0v) is 10.5. The minimum atomic E-state index is -1.48. The van der Waals surface area contributed by atoms with Gasteiger partial charge < -0.3 is 24.4 Å². The minimum absolute atomic E-state index is 0.446. The molecule has 0 saturated carbocycles. The molecule has 5 heteroatoms. The highest BCUT2D eigenvalue weighted by molar-refractivity contribution is 4.48. The van der Waals surface area contributed by atoms with E-state index >= 15 is 0 Å². The summed E-state index contributed by atoms with van der Waals surface area (Å²) in [6, 6.07) is 0. The van der Waals surface area contributed by atoms with Gasteiger partial charge in [-0.3, -0.25) is 0 Å². The summed E-state index contributed by atoms with van der Waals surface area (Å²) < 4.78 is 10.4. The van der Waals surface area contributed by atoms with Gasteiger partial charge in [0.25, 0.3) is 5.97 Å². The maximum Gasteiger partial charge on any atom is 0.277 e. The minimum Gasteiger partial charge on any atom is -0.344 e. The second-order valence-electron chi connectivity index (χ2n) is 4.20. The van der Waals surface area contributed by atoms with Gasteiger partial charge in [-0.15, -0.1) is 0 Å². The van der Waals surface area contributed by atoms with Gasteiger partial charge in [0.2, 0.25) is 0 Å². The highest BCUT2D eigenvalue weighted by atomic mass is 16.8. The molecule has 0 spiro atoms. The Kier molecular flexibility index (Phi) is 7.04. The van der Waals surface area contributed by atoms with Crippen molar-refractivity contribution in [2.45, 2.75) is 12.9 Å². The van der Waals surface area contributed by atoms with Crippen LogP contribution in [0.25, 0.3) is 0 Å². The fourth-order valence-corrected chi connectivity index (χ4v) is 0.877. The Balaban J connectivity index is 3.57. The third-order valence-corrected chi connectivity index (χ3v) is 1.82. The van der Waals surface area contributed by atoms with Crippen LogP contribution in [0.1, 0.15) is 6.92 Å². The molecule has 0 saturated heterocycles. The number of rotatable bonds is 8. The van der Waals surface area contributed by atoms with Crippen LogP contribution >= 0.6 is 0 Å². The maximum absolute atomic E-state index is 9.66. The van der Waals surface area contributed by atoms with Crippen LogP contribution in [0, 0.1) is 0 Å². The van der Waals surface area contributed by atoms with Crippen molar-refractivity contribution in [3.8, 4) is 0 Å². The van der Waals surface area contributed by atoms with Crippen LogP contribution in [-0.2, 0) is 9.47 Å².